The Hall–Kier alpha value is -1.30. The molecule has 1 fully saturated rings. The first-order valence-corrected chi connectivity index (χ1v) is 5.35. The number of rotatable bonds is 3. The van der Waals surface area contributed by atoms with E-state index in [0.29, 0.717) is 12.8 Å². The smallest absolute Gasteiger partial charge is 0.405 e. The molecular formula is C10H18N2O4. The lowest BCUT2D eigenvalue weighted by atomic mass is 9.81. The Morgan fingerprint density at radius 3 is 2.31 bits per heavy atom. The zero-order chi connectivity index (χ0) is 12.2. The SMILES string of the molecule is CON(C)C(=O)C1(NC(=O)O)CCCCC1. The van der Waals surface area contributed by atoms with Crippen molar-refractivity contribution in [3.05, 3.63) is 0 Å². The van der Waals surface area contributed by atoms with E-state index in [-0.39, 0.29) is 5.91 Å². The highest BCUT2D eigenvalue weighted by Gasteiger charge is 2.43. The summed E-state index contributed by atoms with van der Waals surface area (Å²) in [6, 6.07) is 0. The van der Waals surface area contributed by atoms with Crippen LogP contribution in [0.4, 0.5) is 4.79 Å². The average molecular weight is 230 g/mol. The van der Waals surface area contributed by atoms with Crippen LogP contribution >= 0.6 is 0 Å². The maximum absolute atomic E-state index is 12.1. The van der Waals surface area contributed by atoms with Gasteiger partial charge < -0.3 is 10.4 Å². The Morgan fingerprint density at radius 2 is 1.88 bits per heavy atom. The van der Waals surface area contributed by atoms with Gasteiger partial charge in [-0.05, 0) is 12.8 Å². The molecule has 1 aliphatic rings. The first-order chi connectivity index (χ1) is 7.52. The summed E-state index contributed by atoms with van der Waals surface area (Å²) in [4.78, 5) is 27.6. The molecule has 0 radical (unpaired) electrons. The fourth-order valence-electron chi connectivity index (χ4n) is 2.14. The second-order valence-electron chi connectivity index (χ2n) is 4.06. The normalized spacial score (nSPS) is 18.9. The number of likely N-dealkylation sites (N-methyl/N-ethyl adjacent to an activating group) is 1. The molecule has 0 saturated heterocycles. The molecule has 1 rings (SSSR count). The molecule has 0 bridgehead atoms. The predicted molar refractivity (Wildman–Crippen MR) is 56.8 cm³/mol. The lowest BCUT2D eigenvalue weighted by molar-refractivity contribution is -0.177. The van der Waals surface area contributed by atoms with Crippen LogP contribution in [0.2, 0.25) is 0 Å². The molecule has 6 heteroatoms. The van der Waals surface area contributed by atoms with Crippen LogP contribution in [-0.2, 0) is 9.63 Å². The molecule has 0 aromatic rings. The highest BCUT2D eigenvalue weighted by atomic mass is 16.7. The number of carbonyl (C=O) groups is 2. The van der Waals surface area contributed by atoms with Gasteiger partial charge in [-0.2, -0.15) is 0 Å². The second kappa shape index (κ2) is 5.16. The van der Waals surface area contributed by atoms with E-state index >= 15 is 0 Å². The van der Waals surface area contributed by atoms with Crippen LogP contribution in [0.5, 0.6) is 0 Å². The molecule has 0 heterocycles. The molecule has 6 nitrogen and oxygen atoms in total. The molecule has 0 spiro atoms. The minimum absolute atomic E-state index is 0.322. The van der Waals surface area contributed by atoms with Gasteiger partial charge in [0.05, 0.1) is 7.11 Å². The van der Waals surface area contributed by atoms with Gasteiger partial charge in [0.1, 0.15) is 5.54 Å². The van der Waals surface area contributed by atoms with E-state index < -0.39 is 11.6 Å². The van der Waals surface area contributed by atoms with Crippen molar-refractivity contribution in [2.75, 3.05) is 14.2 Å². The van der Waals surface area contributed by atoms with Crippen LogP contribution in [0.25, 0.3) is 0 Å². The van der Waals surface area contributed by atoms with E-state index in [1.807, 2.05) is 0 Å². The number of hydroxylamine groups is 2. The van der Waals surface area contributed by atoms with Crippen LogP contribution in [0.15, 0.2) is 0 Å². The molecule has 0 aromatic heterocycles. The molecular weight excluding hydrogens is 212 g/mol. The topological polar surface area (TPSA) is 78.9 Å². The number of hydrogen-bond acceptors (Lipinski definition) is 3. The molecule has 1 saturated carbocycles. The third kappa shape index (κ3) is 2.63. The molecule has 2 N–H and O–H groups in total. The quantitative estimate of drug-likeness (QED) is 0.708. The van der Waals surface area contributed by atoms with Gasteiger partial charge in [0.2, 0.25) is 0 Å². The van der Waals surface area contributed by atoms with Crippen molar-refractivity contribution in [3.8, 4) is 0 Å². The third-order valence-corrected chi connectivity index (χ3v) is 3.02. The van der Waals surface area contributed by atoms with Crippen LogP contribution < -0.4 is 5.32 Å². The number of hydrogen-bond donors (Lipinski definition) is 2. The van der Waals surface area contributed by atoms with E-state index in [2.05, 4.69) is 5.32 Å². The minimum Gasteiger partial charge on any atom is -0.465 e. The number of carbonyl (C=O) groups excluding carboxylic acids is 1. The molecule has 0 atom stereocenters. The minimum atomic E-state index is -1.17. The zero-order valence-electron chi connectivity index (χ0n) is 9.65. The maximum Gasteiger partial charge on any atom is 0.405 e. The van der Waals surface area contributed by atoms with Crippen LogP contribution in [0, 0.1) is 0 Å². The van der Waals surface area contributed by atoms with E-state index in [1.165, 1.54) is 14.2 Å². The lowest BCUT2D eigenvalue weighted by Crippen LogP contribution is -2.59. The predicted octanol–water partition coefficient (Wildman–Crippen LogP) is 0.977. The largest absolute Gasteiger partial charge is 0.465 e. The summed E-state index contributed by atoms with van der Waals surface area (Å²) in [5, 5.41) is 12.3. The first-order valence-electron chi connectivity index (χ1n) is 5.35. The highest BCUT2D eigenvalue weighted by molar-refractivity contribution is 5.89. The summed E-state index contributed by atoms with van der Waals surface area (Å²) < 4.78 is 0. The molecule has 16 heavy (non-hydrogen) atoms. The molecule has 1 aliphatic carbocycles. The molecule has 2 amide bonds. The van der Waals surface area contributed by atoms with Gasteiger partial charge in [-0.25, -0.2) is 9.86 Å². The summed E-state index contributed by atoms with van der Waals surface area (Å²) in [5.41, 5.74) is -1.01. The van der Waals surface area contributed by atoms with E-state index in [0.717, 1.165) is 24.3 Å². The van der Waals surface area contributed by atoms with Crippen LogP contribution in [0.3, 0.4) is 0 Å². The average Bonchev–Trinajstić information content (AvgIpc) is 2.27. The van der Waals surface area contributed by atoms with Crippen molar-refractivity contribution < 1.29 is 19.5 Å². The van der Waals surface area contributed by atoms with E-state index in [4.69, 9.17) is 9.94 Å². The summed E-state index contributed by atoms with van der Waals surface area (Å²) in [6.07, 6.45) is 2.64. The Morgan fingerprint density at radius 1 is 1.31 bits per heavy atom. The van der Waals surface area contributed by atoms with E-state index in [1.54, 1.807) is 0 Å². The van der Waals surface area contributed by atoms with E-state index in [9.17, 15) is 9.59 Å². The summed E-state index contributed by atoms with van der Waals surface area (Å²) in [6.45, 7) is 0. The Balaban J connectivity index is 2.84. The van der Waals surface area contributed by atoms with Gasteiger partial charge in [0, 0.05) is 7.05 Å². The van der Waals surface area contributed by atoms with Gasteiger partial charge >= 0.3 is 6.09 Å². The summed E-state index contributed by atoms with van der Waals surface area (Å²) in [7, 11) is 2.87. The second-order valence-corrected chi connectivity index (χ2v) is 4.06. The van der Waals surface area contributed by atoms with Crippen molar-refractivity contribution in [1.29, 1.82) is 0 Å². The molecule has 92 valence electrons. The maximum atomic E-state index is 12.1. The lowest BCUT2D eigenvalue weighted by Gasteiger charge is -2.37. The Kier molecular flexibility index (Phi) is 4.12. The Labute approximate surface area is 94.5 Å². The van der Waals surface area contributed by atoms with Crippen molar-refractivity contribution >= 4 is 12.0 Å². The van der Waals surface area contributed by atoms with Crippen LogP contribution in [0.1, 0.15) is 32.1 Å². The van der Waals surface area contributed by atoms with Crippen molar-refractivity contribution in [2.45, 2.75) is 37.6 Å². The summed E-state index contributed by atoms with van der Waals surface area (Å²) in [5.74, 6) is -0.322. The highest BCUT2D eigenvalue weighted by Crippen LogP contribution is 2.29. The number of amides is 2. The fourth-order valence-corrected chi connectivity index (χ4v) is 2.14. The van der Waals surface area contributed by atoms with Gasteiger partial charge in [-0.1, -0.05) is 19.3 Å². The number of carboxylic acid groups (broad SMARTS) is 1. The molecule has 0 aliphatic heterocycles. The third-order valence-electron chi connectivity index (χ3n) is 3.02. The first kappa shape index (κ1) is 12.8. The fraction of sp³-hybridized carbons (Fsp3) is 0.800. The van der Waals surface area contributed by atoms with Crippen molar-refractivity contribution in [3.63, 3.8) is 0 Å². The van der Waals surface area contributed by atoms with Gasteiger partial charge in [0.25, 0.3) is 5.91 Å². The molecule has 0 unspecified atom stereocenters. The number of nitrogens with one attached hydrogen (secondary N) is 1. The van der Waals surface area contributed by atoms with Gasteiger partial charge in [-0.3, -0.25) is 9.63 Å². The molecule has 0 aromatic carbocycles. The van der Waals surface area contributed by atoms with Gasteiger partial charge in [-0.15, -0.1) is 0 Å². The monoisotopic (exact) mass is 230 g/mol. The zero-order valence-corrected chi connectivity index (χ0v) is 9.65. The summed E-state index contributed by atoms with van der Waals surface area (Å²) >= 11 is 0. The Bertz CT molecular complexity index is 274. The van der Waals surface area contributed by atoms with Crippen LogP contribution in [-0.4, -0.2) is 41.9 Å². The van der Waals surface area contributed by atoms with Crippen molar-refractivity contribution in [1.82, 2.24) is 10.4 Å². The van der Waals surface area contributed by atoms with Gasteiger partial charge in [0.15, 0.2) is 0 Å². The van der Waals surface area contributed by atoms with Crippen molar-refractivity contribution in [2.24, 2.45) is 0 Å². The standard InChI is InChI=1S/C10H18N2O4/c1-12(16-2)8(13)10(11-9(14)15)6-4-3-5-7-10/h11H,3-7H2,1-2H3,(H,14,15). The number of nitrogens with zero attached hydrogens (tertiary/aromatic N) is 1.